The molecule has 0 spiro atoms. The van der Waals surface area contributed by atoms with Crippen molar-refractivity contribution in [1.29, 1.82) is 0 Å². The molecule has 3 rings (SSSR count). The average molecular weight is 334 g/mol. The van der Waals surface area contributed by atoms with Crippen molar-refractivity contribution in [1.82, 2.24) is 4.98 Å². The van der Waals surface area contributed by atoms with Crippen molar-refractivity contribution in [3.05, 3.63) is 40.5 Å². The van der Waals surface area contributed by atoms with Crippen LogP contribution in [0.25, 0.3) is 0 Å². The van der Waals surface area contributed by atoms with Gasteiger partial charge in [0.05, 0.1) is 11.4 Å². The van der Waals surface area contributed by atoms with Crippen LogP contribution < -0.4 is 15.4 Å². The number of carbonyl (C=O) groups is 1. The van der Waals surface area contributed by atoms with Gasteiger partial charge in [0, 0.05) is 10.2 Å². The molecule has 20 heavy (non-hydrogen) atoms. The summed E-state index contributed by atoms with van der Waals surface area (Å²) in [6, 6.07) is 8.87. The molecule has 0 unspecified atom stereocenters. The van der Waals surface area contributed by atoms with Gasteiger partial charge in [0.1, 0.15) is 11.6 Å². The Kier molecular flexibility index (Phi) is 3.10. The van der Waals surface area contributed by atoms with E-state index in [1.54, 1.807) is 24.3 Å². The van der Waals surface area contributed by atoms with Gasteiger partial charge in [0.2, 0.25) is 0 Å². The van der Waals surface area contributed by atoms with Crippen LogP contribution in [0.1, 0.15) is 5.69 Å². The summed E-state index contributed by atoms with van der Waals surface area (Å²) in [5.41, 5.74) is 7.80. The summed E-state index contributed by atoms with van der Waals surface area (Å²) in [6.07, 6.45) is 0. The number of nitrogen functional groups attached to an aromatic ring is 1. The van der Waals surface area contributed by atoms with Crippen LogP contribution in [0.15, 0.2) is 34.8 Å². The molecule has 5 nitrogen and oxygen atoms in total. The van der Waals surface area contributed by atoms with Gasteiger partial charge in [0.15, 0.2) is 6.61 Å². The van der Waals surface area contributed by atoms with Gasteiger partial charge >= 0.3 is 0 Å². The predicted octanol–water partition coefficient (Wildman–Crippen LogP) is 2.79. The number of hydrogen-bond donors (Lipinski definition) is 1. The van der Waals surface area contributed by atoms with Gasteiger partial charge in [-0.25, -0.2) is 4.98 Å². The molecule has 102 valence electrons. The van der Waals surface area contributed by atoms with Crippen molar-refractivity contribution in [3.8, 4) is 5.75 Å². The number of aryl methyl sites for hydroxylation is 1. The summed E-state index contributed by atoms with van der Waals surface area (Å²) >= 11 is 3.40. The van der Waals surface area contributed by atoms with Gasteiger partial charge in [-0.15, -0.1) is 0 Å². The minimum atomic E-state index is -0.169. The highest BCUT2D eigenvalue weighted by Crippen LogP contribution is 2.38. The number of carbonyl (C=O) groups excluding carboxylic acids is 1. The molecule has 0 radical (unpaired) electrons. The lowest BCUT2D eigenvalue weighted by Gasteiger charge is -2.29. The van der Waals surface area contributed by atoms with E-state index >= 15 is 0 Å². The maximum atomic E-state index is 12.2. The van der Waals surface area contributed by atoms with Crippen molar-refractivity contribution in [2.75, 3.05) is 17.2 Å². The number of amides is 1. The van der Waals surface area contributed by atoms with Gasteiger partial charge in [-0.1, -0.05) is 0 Å². The molecule has 2 aromatic rings. The van der Waals surface area contributed by atoms with E-state index in [0.717, 1.165) is 10.2 Å². The second-order valence-corrected chi connectivity index (χ2v) is 5.34. The van der Waals surface area contributed by atoms with Gasteiger partial charge < -0.3 is 10.5 Å². The fourth-order valence-electron chi connectivity index (χ4n) is 2.08. The van der Waals surface area contributed by atoms with Crippen molar-refractivity contribution in [3.63, 3.8) is 0 Å². The van der Waals surface area contributed by atoms with Crippen molar-refractivity contribution in [2.24, 2.45) is 0 Å². The first-order valence-corrected chi connectivity index (χ1v) is 6.84. The molecule has 2 heterocycles. The van der Waals surface area contributed by atoms with Gasteiger partial charge in [-0.2, -0.15) is 0 Å². The molecular weight excluding hydrogens is 322 g/mol. The third kappa shape index (κ3) is 2.12. The second-order valence-electron chi connectivity index (χ2n) is 4.48. The number of anilines is 3. The Bertz CT molecular complexity index is 703. The Balaban J connectivity index is 2.15. The van der Waals surface area contributed by atoms with Crippen LogP contribution in [0.3, 0.4) is 0 Å². The van der Waals surface area contributed by atoms with E-state index in [0.29, 0.717) is 22.9 Å². The summed E-state index contributed by atoms with van der Waals surface area (Å²) in [4.78, 5) is 18.1. The molecule has 0 saturated heterocycles. The molecule has 6 heteroatoms. The first kappa shape index (κ1) is 12.9. The zero-order chi connectivity index (χ0) is 14.3. The van der Waals surface area contributed by atoms with E-state index in [1.807, 2.05) is 13.0 Å². The Morgan fingerprint density at radius 1 is 1.35 bits per heavy atom. The summed E-state index contributed by atoms with van der Waals surface area (Å²) in [5.74, 6) is 1.02. The highest BCUT2D eigenvalue weighted by atomic mass is 79.9. The van der Waals surface area contributed by atoms with E-state index in [4.69, 9.17) is 10.5 Å². The number of fused-ring (bicyclic) bond motifs is 1. The molecule has 1 amide bonds. The third-order valence-electron chi connectivity index (χ3n) is 3.06. The lowest BCUT2D eigenvalue weighted by Crippen LogP contribution is -2.35. The van der Waals surface area contributed by atoms with E-state index in [1.165, 1.54) is 4.90 Å². The number of hydrogen-bond acceptors (Lipinski definition) is 4. The minimum Gasteiger partial charge on any atom is -0.482 e. The van der Waals surface area contributed by atoms with Gasteiger partial charge in [-0.05, 0) is 53.2 Å². The lowest BCUT2D eigenvalue weighted by atomic mass is 10.2. The Morgan fingerprint density at radius 3 is 2.90 bits per heavy atom. The van der Waals surface area contributed by atoms with Crippen LogP contribution in [0.2, 0.25) is 0 Å². The zero-order valence-corrected chi connectivity index (χ0v) is 12.3. The molecule has 0 aliphatic carbocycles. The molecule has 1 aromatic carbocycles. The summed E-state index contributed by atoms with van der Waals surface area (Å²) in [7, 11) is 0. The van der Waals surface area contributed by atoms with E-state index in [-0.39, 0.29) is 12.5 Å². The van der Waals surface area contributed by atoms with Crippen LogP contribution in [0, 0.1) is 6.92 Å². The quantitative estimate of drug-likeness (QED) is 0.815. The SMILES string of the molecule is Cc1nc(N2C(=O)COc3ccc(N)cc32)ccc1Br. The Labute approximate surface area is 124 Å². The van der Waals surface area contributed by atoms with E-state index in [2.05, 4.69) is 20.9 Å². The zero-order valence-electron chi connectivity index (χ0n) is 10.8. The monoisotopic (exact) mass is 333 g/mol. The number of rotatable bonds is 1. The molecule has 2 N–H and O–H groups in total. The number of nitrogens with zero attached hydrogens (tertiary/aromatic N) is 2. The van der Waals surface area contributed by atoms with Crippen LogP contribution in [-0.2, 0) is 4.79 Å². The van der Waals surface area contributed by atoms with Crippen LogP contribution in [0.5, 0.6) is 5.75 Å². The molecule has 1 aliphatic rings. The maximum absolute atomic E-state index is 12.2. The molecule has 1 aliphatic heterocycles. The number of aromatic nitrogens is 1. The van der Waals surface area contributed by atoms with Crippen molar-refractivity contribution >= 4 is 39.0 Å². The number of halogens is 1. The number of benzene rings is 1. The highest BCUT2D eigenvalue weighted by molar-refractivity contribution is 9.10. The van der Waals surface area contributed by atoms with Crippen LogP contribution in [-0.4, -0.2) is 17.5 Å². The fraction of sp³-hybridized carbons (Fsp3) is 0.143. The third-order valence-corrected chi connectivity index (χ3v) is 3.90. The second kappa shape index (κ2) is 4.79. The first-order valence-electron chi connectivity index (χ1n) is 6.04. The standard InChI is InChI=1S/C14H12BrN3O2/c1-8-10(15)3-5-13(17-8)18-11-6-9(16)2-4-12(11)20-7-14(18)19/h2-6H,7,16H2,1H3. The molecular formula is C14H12BrN3O2. The fourth-order valence-corrected chi connectivity index (χ4v) is 2.30. The van der Waals surface area contributed by atoms with Gasteiger partial charge in [0.25, 0.3) is 5.91 Å². The lowest BCUT2D eigenvalue weighted by molar-refractivity contribution is -0.120. The summed E-state index contributed by atoms with van der Waals surface area (Å²) in [6.45, 7) is 1.87. The van der Waals surface area contributed by atoms with E-state index < -0.39 is 0 Å². The summed E-state index contributed by atoms with van der Waals surface area (Å²) in [5, 5.41) is 0. The molecule has 0 saturated carbocycles. The van der Waals surface area contributed by atoms with Crippen molar-refractivity contribution < 1.29 is 9.53 Å². The Hall–Kier alpha value is -2.08. The van der Waals surface area contributed by atoms with Gasteiger partial charge in [-0.3, -0.25) is 9.69 Å². The molecule has 0 bridgehead atoms. The topological polar surface area (TPSA) is 68.5 Å². The van der Waals surface area contributed by atoms with Crippen LogP contribution >= 0.6 is 15.9 Å². The number of nitrogens with two attached hydrogens (primary N) is 1. The highest BCUT2D eigenvalue weighted by Gasteiger charge is 2.28. The minimum absolute atomic E-state index is 0.00624. The molecule has 1 aromatic heterocycles. The smallest absolute Gasteiger partial charge is 0.270 e. The molecule has 0 fully saturated rings. The summed E-state index contributed by atoms with van der Waals surface area (Å²) < 4.78 is 6.31. The predicted molar refractivity (Wildman–Crippen MR) is 80.2 cm³/mol. The normalized spacial score (nSPS) is 13.9. The number of pyridine rings is 1. The Morgan fingerprint density at radius 2 is 2.15 bits per heavy atom. The average Bonchev–Trinajstić information content (AvgIpc) is 2.42. The molecule has 0 atom stereocenters. The van der Waals surface area contributed by atoms with E-state index in [9.17, 15) is 4.79 Å². The van der Waals surface area contributed by atoms with Crippen LogP contribution in [0.4, 0.5) is 17.2 Å². The maximum Gasteiger partial charge on any atom is 0.270 e. The number of ether oxygens (including phenoxy) is 1. The first-order chi connectivity index (χ1) is 9.56. The largest absolute Gasteiger partial charge is 0.482 e. The van der Waals surface area contributed by atoms with Crippen molar-refractivity contribution in [2.45, 2.75) is 6.92 Å².